The molecule has 0 spiro atoms. The van der Waals surface area contributed by atoms with Gasteiger partial charge in [0.15, 0.2) is 0 Å². The number of benzene rings is 1. The number of aromatic hydroxyl groups is 1. The third-order valence-electron chi connectivity index (χ3n) is 4.29. The normalized spacial score (nSPS) is 15.6. The summed E-state index contributed by atoms with van der Waals surface area (Å²) in [6, 6.07) is 8.79. The maximum absolute atomic E-state index is 12.4. The Morgan fingerprint density at radius 3 is 2.78 bits per heavy atom. The van der Waals surface area contributed by atoms with Gasteiger partial charge in [-0.25, -0.2) is 9.97 Å². The molecule has 120 valence electrons. The molecule has 5 nitrogen and oxygen atoms in total. The molecule has 0 unspecified atom stereocenters. The Morgan fingerprint density at radius 1 is 1.30 bits per heavy atom. The van der Waals surface area contributed by atoms with E-state index in [-0.39, 0.29) is 11.7 Å². The van der Waals surface area contributed by atoms with Gasteiger partial charge in [-0.05, 0) is 43.5 Å². The number of carbonyl (C=O) groups is 1. The molecule has 0 saturated carbocycles. The van der Waals surface area contributed by atoms with Crippen molar-refractivity contribution in [2.24, 2.45) is 0 Å². The molecule has 1 aromatic carbocycles. The van der Waals surface area contributed by atoms with Crippen LogP contribution < -0.4 is 0 Å². The molecule has 1 fully saturated rings. The lowest BCUT2D eigenvalue weighted by Gasteiger charge is -2.31. The van der Waals surface area contributed by atoms with E-state index in [0.717, 1.165) is 43.0 Å². The molecule has 0 aliphatic carbocycles. The van der Waals surface area contributed by atoms with Gasteiger partial charge < -0.3 is 10.0 Å². The molecule has 1 saturated heterocycles. The fraction of sp³-hybridized carbons (Fsp3) is 0.389. The van der Waals surface area contributed by atoms with Gasteiger partial charge in [0, 0.05) is 30.9 Å². The Labute approximate surface area is 136 Å². The van der Waals surface area contributed by atoms with Crippen molar-refractivity contribution in [3.63, 3.8) is 0 Å². The largest absolute Gasteiger partial charge is 0.508 e. The number of likely N-dealkylation sites (tertiary alicyclic amines) is 1. The van der Waals surface area contributed by atoms with Gasteiger partial charge in [-0.3, -0.25) is 4.79 Å². The van der Waals surface area contributed by atoms with Crippen molar-refractivity contribution in [2.45, 2.75) is 32.1 Å². The maximum Gasteiger partial charge on any atom is 0.226 e. The van der Waals surface area contributed by atoms with Crippen molar-refractivity contribution in [2.75, 3.05) is 13.1 Å². The van der Waals surface area contributed by atoms with Crippen molar-refractivity contribution >= 4 is 5.91 Å². The van der Waals surface area contributed by atoms with E-state index in [1.807, 2.05) is 24.0 Å². The van der Waals surface area contributed by atoms with Gasteiger partial charge in [-0.15, -0.1) is 0 Å². The molecule has 1 aliphatic rings. The molecule has 1 aromatic heterocycles. The molecule has 2 heterocycles. The van der Waals surface area contributed by atoms with Gasteiger partial charge in [-0.2, -0.15) is 0 Å². The summed E-state index contributed by atoms with van der Waals surface area (Å²) < 4.78 is 0. The van der Waals surface area contributed by atoms with E-state index in [0.29, 0.717) is 12.3 Å². The molecule has 2 aromatic rings. The highest BCUT2D eigenvalue weighted by molar-refractivity contribution is 5.79. The number of hydrogen-bond donors (Lipinski definition) is 1. The predicted octanol–water partition coefficient (Wildman–Crippen LogP) is 2.44. The van der Waals surface area contributed by atoms with Crippen LogP contribution in [-0.2, 0) is 11.2 Å². The van der Waals surface area contributed by atoms with E-state index in [1.54, 1.807) is 24.4 Å². The van der Waals surface area contributed by atoms with E-state index in [1.165, 1.54) is 0 Å². The molecule has 0 atom stereocenters. The monoisotopic (exact) mass is 311 g/mol. The Bertz CT molecular complexity index is 694. The fourth-order valence-corrected chi connectivity index (χ4v) is 3.00. The second-order valence-corrected chi connectivity index (χ2v) is 6.06. The number of aryl methyl sites for hydroxylation is 1. The molecule has 23 heavy (non-hydrogen) atoms. The van der Waals surface area contributed by atoms with Crippen molar-refractivity contribution in [1.29, 1.82) is 0 Å². The maximum atomic E-state index is 12.4. The summed E-state index contributed by atoms with van der Waals surface area (Å²) in [5, 5.41) is 9.48. The van der Waals surface area contributed by atoms with Crippen LogP contribution in [0.3, 0.4) is 0 Å². The first kappa shape index (κ1) is 15.5. The predicted molar refractivity (Wildman–Crippen MR) is 87.1 cm³/mol. The van der Waals surface area contributed by atoms with Crippen LogP contribution >= 0.6 is 0 Å². The fourth-order valence-electron chi connectivity index (χ4n) is 3.00. The zero-order valence-corrected chi connectivity index (χ0v) is 13.3. The van der Waals surface area contributed by atoms with Crippen molar-refractivity contribution in [3.8, 4) is 5.75 Å². The third kappa shape index (κ3) is 3.86. The van der Waals surface area contributed by atoms with E-state index in [4.69, 9.17) is 0 Å². The van der Waals surface area contributed by atoms with Crippen LogP contribution in [0.4, 0.5) is 0 Å². The number of rotatable bonds is 3. The summed E-state index contributed by atoms with van der Waals surface area (Å²) in [4.78, 5) is 23.2. The van der Waals surface area contributed by atoms with Gasteiger partial charge in [0.1, 0.15) is 11.6 Å². The number of phenols is 1. The van der Waals surface area contributed by atoms with Crippen LogP contribution in [-0.4, -0.2) is 39.0 Å². The number of phenolic OH excluding ortho intramolecular Hbond substituents is 1. The van der Waals surface area contributed by atoms with Crippen molar-refractivity contribution in [1.82, 2.24) is 14.9 Å². The highest BCUT2D eigenvalue weighted by Crippen LogP contribution is 2.26. The molecular formula is C18H21N3O2. The van der Waals surface area contributed by atoms with Gasteiger partial charge in [0.2, 0.25) is 5.91 Å². The summed E-state index contributed by atoms with van der Waals surface area (Å²) in [7, 11) is 0. The summed E-state index contributed by atoms with van der Waals surface area (Å²) in [5.74, 6) is 1.54. The summed E-state index contributed by atoms with van der Waals surface area (Å²) in [5.41, 5.74) is 1.83. The SMILES string of the molecule is Cc1ccnc(C2CCN(C(=O)Cc3cccc(O)c3)CC2)n1. The van der Waals surface area contributed by atoms with E-state index in [2.05, 4.69) is 9.97 Å². The third-order valence-corrected chi connectivity index (χ3v) is 4.29. The minimum Gasteiger partial charge on any atom is -0.508 e. The standard InChI is InChI=1S/C18H21N3O2/c1-13-5-8-19-18(20-13)15-6-9-21(10-7-15)17(23)12-14-3-2-4-16(22)11-14/h2-5,8,11,15,22H,6-7,9-10,12H2,1H3. The van der Waals surface area contributed by atoms with Crippen LogP contribution in [0.2, 0.25) is 0 Å². The van der Waals surface area contributed by atoms with Crippen LogP contribution in [0.5, 0.6) is 5.75 Å². The highest BCUT2D eigenvalue weighted by atomic mass is 16.3. The average molecular weight is 311 g/mol. The zero-order valence-electron chi connectivity index (χ0n) is 13.3. The Kier molecular flexibility index (Phi) is 4.55. The summed E-state index contributed by atoms with van der Waals surface area (Å²) in [6.45, 7) is 3.44. The van der Waals surface area contributed by atoms with Gasteiger partial charge >= 0.3 is 0 Å². The first-order valence-electron chi connectivity index (χ1n) is 7.97. The lowest BCUT2D eigenvalue weighted by atomic mass is 9.95. The van der Waals surface area contributed by atoms with Crippen molar-refractivity contribution in [3.05, 3.63) is 53.6 Å². The summed E-state index contributed by atoms with van der Waals surface area (Å²) in [6.07, 6.45) is 3.93. The zero-order chi connectivity index (χ0) is 16.2. The number of amides is 1. The Balaban J connectivity index is 1.57. The highest BCUT2D eigenvalue weighted by Gasteiger charge is 2.25. The molecule has 5 heteroatoms. The topological polar surface area (TPSA) is 66.3 Å². The number of piperidine rings is 1. The molecule has 0 bridgehead atoms. The van der Waals surface area contributed by atoms with Crippen LogP contribution in [0.25, 0.3) is 0 Å². The van der Waals surface area contributed by atoms with Crippen LogP contribution in [0.1, 0.15) is 35.8 Å². The smallest absolute Gasteiger partial charge is 0.226 e. The molecule has 1 amide bonds. The molecule has 3 rings (SSSR count). The van der Waals surface area contributed by atoms with E-state index >= 15 is 0 Å². The average Bonchev–Trinajstić information content (AvgIpc) is 2.55. The molecule has 1 aliphatic heterocycles. The van der Waals surface area contributed by atoms with Gasteiger partial charge in [0.25, 0.3) is 0 Å². The van der Waals surface area contributed by atoms with Gasteiger partial charge in [-0.1, -0.05) is 12.1 Å². The lowest BCUT2D eigenvalue weighted by molar-refractivity contribution is -0.131. The minimum atomic E-state index is 0.110. The number of aromatic nitrogens is 2. The number of hydrogen-bond acceptors (Lipinski definition) is 4. The Morgan fingerprint density at radius 2 is 2.09 bits per heavy atom. The molecule has 1 N–H and O–H groups in total. The Hall–Kier alpha value is -2.43. The first-order valence-corrected chi connectivity index (χ1v) is 7.97. The van der Waals surface area contributed by atoms with E-state index < -0.39 is 0 Å². The van der Waals surface area contributed by atoms with E-state index in [9.17, 15) is 9.90 Å². The molecule has 0 radical (unpaired) electrons. The van der Waals surface area contributed by atoms with Crippen LogP contribution in [0.15, 0.2) is 36.5 Å². The quantitative estimate of drug-likeness (QED) is 0.945. The second-order valence-electron chi connectivity index (χ2n) is 6.06. The first-order chi connectivity index (χ1) is 11.1. The van der Waals surface area contributed by atoms with Crippen molar-refractivity contribution < 1.29 is 9.90 Å². The number of carbonyl (C=O) groups excluding carboxylic acids is 1. The summed E-state index contributed by atoms with van der Waals surface area (Å²) >= 11 is 0. The lowest BCUT2D eigenvalue weighted by Crippen LogP contribution is -2.39. The second kappa shape index (κ2) is 6.77. The van der Waals surface area contributed by atoms with Gasteiger partial charge in [0.05, 0.1) is 6.42 Å². The molecular weight excluding hydrogens is 290 g/mol. The minimum absolute atomic E-state index is 0.110. The van der Waals surface area contributed by atoms with Crippen LogP contribution in [0, 0.1) is 6.92 Å². The number of nitrogens with zero attached hydrogens (tertiary/aromatic N) is 3.